The summed E-state index contributed by atoms with van der Waals surface area (Å²) in [5.74, 6) is -0.749. The molecule has 1 aromatic carbocycles. The summed E-state index contributed by atoms with van der Waals surface area (Å²) in [5, 5.41) is 6.26. The van der Waals surface area contributed by atoms with Gasteiger partial charge in [-0.05, 0) is 18.2 Å². The SMILES string of the molecule is Cl.Fc1ccc(F)c([C@@H]2CNCCN2)c1. The second kappa shape index (κ2) is 5.39. The standard InChI is InChI=1S/C10H12F2N2.ClH/c11-7-1-2-9(12)8(5-7)10-6-13-3-4-14-10;/h1-2,5,10,13-14H,3-4,6H2;1H/t10-;/m0./s1. The molecule has 0 aromatic heterocycles. The smallest absolute Gasteiger partial charge is 0.128 e. The molecule has 0 saturated carbocycles. The van der Waals surface area contributed by atoms with Gasteiger partial charge in [-0.1, -0.05) is 0 Å². The highest BCUT2D eigenvalue weighted by Gasteiger charge is 2.18. The van der Waals surface area contributed by atoms with Crippen LogP contribution in [0.3, 0.4) is 0 Å². The van der Waals surface area contributed by atoms with Gasteiger partial charge in [-0.2, -0.15) is 0 Å². The van der Waals surface area contributed by atoms with Crippen LogP contribution in [0.4, 0.5) is 8.78 Å². The third-order valence-electron chi connectivity index (χ3n) is 2.37. The van der Waals surface area contributed by atoms with Crippen LogP contribution in [0, 0.1) is 11.6 Å². The zero-order valence-corrected chi connectivity index (χ0v) is 8.91. The van der Waals surface area contributed by atoms with E-state index in [-0.39, 0.29) is 24.3 Å². The molecule has 1 saturated heterocycles. The van der Waals surface area contributed by atoms with Gasteiger partial charge in [-0.15, -0.1) is 12.4 Å². The molecule has 0 bridgehead atoms. The average Bonchev–Trinajstić information content (AvgIpc) is 2.23. The van der Waals surface area contributed by atoms with Crippen molar-refractivity contribution in [3.63, 3.8) is 0 Å². The van der Waals surface area contributed by atoms with E-state index in [4.69, 9.17) is 0 Å². The highest BCUT2D eigenvalue weighted by Crippen LogP contribution is 2.18. The summed E-state index contributed by atoms with van der Waals surface area (Å²) in [5.41, 5.74) is 0.400. The Morgan fingerprint density at radius 2 is 2.00 bits per heavy atom. The van der Waals surface area contributed by atoms with Gasteiger partial charge in [0.05, 0.1) is 0 Å². The van der Waals surface area contributed by atoms with Crippen LogP contribution in [-0.4, -0.2) is 19.6 Å². The van der Waals surface area contributed by atoms with Crippen molar-refractivity contribution in [2.75, 3.05) is 19.6 Å². The lowest BCUT2D eigenvalue weighted by atomic mass is 10.0. The number of hydrogen-bond acceptors (Lipinski definition) is 2. The molecule has 1 aliphatic heterocycles. The Morgan fingerprint density at radius 1 is 1.20 bits per heavy atom. The normalized spacial score (nSPS) is 20.8. The van der Waals surface area contributed by atoms with E-state index in [9.17, 15) is 8.78 Å². The van der Waals surface area contributed by atoms with Crippen LogP contribution in [0.5, 0.6) is 0 Å². The summed E-state index contributed by atoms with van der Waals surface area (Å²) in [4.78, 5) is 0. The molecule has 0 unspecified atom stereocenters. The molecule has 1 heterocycles. The lowest BCUT2D eigenvalue weighted by molar-refractivity contribution is 0.414. The van der Waals surface area contributed by atoms with Gasteiger partial charge >= 0.3 is 0 Å². The van der Waals surface area contributed by atoms with Gasteiger partial charge in [0.2, 0.25) is 0 Å². The van der Waals surface area contributed by atoms with Crippen molar-refractivity contribution < 1.29 is 8.78 Å². The molecule has 0 spiro atoms. The Bertz CT molecular complexity index is 327. The fourth-order valence-electron chi connectivity index (χ4n) is 1.65. The molecule has 2 rings (SSSR count). The summed E-state index contributed by atoms with van der Waals surface area (Å²) in [7, 11) is 0. The quantitative estimate of drug-likeness (QED) is 0.772. The van der Waals surface area contributed by atoms with Crippen molar-refractivity contribution in [1.82, 2.24) is 10.6 Å². The zero-order valence-electron chi connectivity index (χ0n) is 8.09. The van der Waals surface area contributed by atoms with Crippen molar-refractivity contribution in [3.05, 3.63) is 35.4 Å². The summed E-state index contributed by atoms with van der Waals surface area (Å²) in [6.45, 7) is 2.29. The van der Waals surface area contributed by atoms with E-state index in [2.05, 4.69) is 10.6 Å². The maximum atomic E-state index is 13.3. The number of halogens is 3. The molecule has 5 heteroatoms. The first-order valence-corrected chi connectivity index (χ1v) is 4.66. The molecular weight excluding hydrogens is 222 g/mol. The summed E-state index contributed by atoms with van der Waals surface area (Å²) < 4.78 is 26.2. The number of benzene rings is 1. The predicted octanol–water partition coefficient (Wildman–Crippen LogP) is 1.62. The fraction of sp³-hybridized carbons (Fsp3) is 0.400. The van der Waals surface area contributed by atoms with Crippen LogP contribution in [-0.2, 0) is 0 Å². The van der Waals surface area contributed by atoms with Gasteiger partial charge in [-0.3, -0.25) is 0 Å². The molecule has 1 atom stereocenters. The molecular formula is C10H13ClF2N2. The van der Waals surface area contributed by atoms with Crippen LogP contribution < -0.4 is 10.6 Å². The molecule has 2 nitrogen and oxygen atoms in total. The third-order valence-corrected chi connectivity index (χ3v) is 2.37. The van der Waals surface area contributed by atoms with Crippen LogP contribution >= 0.6 is 12.4 Å². The van der Waals surface area contributed by atoms with Gasteiger partial charge in [-0.25, -0.2) is 8.78 Å². The topological polar surface area (TPSA) is 24.1 Å². The predicted molar refractivity (Wildman–Crippen MR) is 57.2 cm³/mol. The maximum absolute atomic E-state index is 13.3. The molecule has 15 heavy (non-hydrogen) atoms. The van der Waals surface area contributed by atoms with Gasteiger partial charge in [0.25, 0.3) is 0 Å². The first kappa shape index (κ1) is 12.4. The highest BCUT2D eigenvalue weighted by molar-refractivity contribution is 5.85. The van der Waals surface area contributed by atoms with Gasteiger partial charge in [0.1, 0.15) is 11.6 Å². The lowest BCUT2D eigenvalue weighted by Gasteiger charge is -2.25. The van der Waals surface area contributed by atoms with Crippen molar-refractivity contribution in [1.29, 1.82) is 0 Å². The summed E-state index contributed by atoms with van der Waals surface area (Å²) in [6.07, 6.45) is 0. The van der Waals surface area contributed by atoms with Crippen molar-refractivity contribution in [2.24, 2.45) is 0 Å². The number of rotatable bonds is 1. The van der Waals surface area contributed by atoms with E-state index < -0.39 is 5.82 Å². The lowest BCUT2D eigenvalue weighted by Crippen LogP contribution is -2.43. The Balaban J connectivity index is 0.00000112. The first-order valence-electron chi connectivity index (χ1n) is 4.66. The molecule has 0 amide bonds. The van der Waals surface area contributed by atoms with Crippen LogP contribution in [0.25, 0.3) is 0 Å². The monoisotopic (exact) mass is 234 g/mol. The Hall–Kier alpha value is -0.710. The minimum atomic E-state index is -0.395. The highest BCUT2D eigenvalue weighted by atomic mass is 35.5. The van der Waals surface area contributed by atoms with Crippen LogP contribution in [0.1, 0.15) is 11.6 Å². The number of piperazine rings is 1. The van der Waals surface area contributed by atoms with Crippen molar-refractivity contribution in [3.8, 4) is 0 Å². The number of hydrogen-bond donors (Lipinski definition) is 2. The van der Waals surface area contributed by atoms with E-state index in [1.54, 1.807) is 0 Å². The molecule has 1 fully saturated rings. The second-order valence-electron chi connectivity index (χ2n) is 3.38. The van der Waals surface area contributed by atoms with Crippen molar-refractivity contribution >= 4 is 12.4 Å². The second-order valence-corrected chi connectivity index (χ2v) is 3.38. The Labute approximate surface area is 93.5 Å². The maximum Gasteiger partial charge on any atom is 0.128 e. The summed E-state index contributed by atoms with van der Waals surface area (Å²) >= 11 is 0. The Kier molecular flexibility index (Phi) is 4.45. The average molecular weight is 235 g/mol. The summed E-state index contributed by atoms with van der Waals surface area (Å²) in [6, 6.07) is 3.43. The van der Waals surface area contributed by atoms with Gasteiger partial charge in [0, 0.05) is 31.2 Å². The van der Waals surface area contributed by atoms with E-state index in [1.165, 1.54) is 12.1 Å². The fourth-order valence-corrected chi connectivity index (χ4v) is 1.65. The van der Waals surface area contributed by atoms with E-state index >= 15 is 0 Å². The van der Waals surface area contributed by atoms with Crippen LogP contribution in [0.15, 0.2) is 18.2 Å². The molecule has 1 aliphatic rings. The molecule has 0 radical (unpaired) electrons. The molecule has 84 valence electrons. The van der Waals surface area contributed by atoms with Crippen LogP contribution in [0.2, 0.25) is 0 Å². The zero-order chi connectivity index (χ0) is 9.97. The van der Waals surface area contributed by atoms with Gasteiger partial charge < -0.3 is 10.6 Å². The molecule has 2 N–H and O–H groups in total. The van der Waals surface area contributed by atoms with E-state index in [0.717, 1.165) is 19.2 Å². The number of nitrogens with one attached hydrogen (secondary N) is 2. The van der Waals surface area contributed by atoms with Gasteiger partial charge in [0.15, 0.2) is 0 Å². The van der Waals surface area contributed by atoms with E-state index in [1.807, 2.05) is 0 Å². The molecule has 1 aromatic rings. The minimum Gasteiger partial charge on any atom is -0.314 e. The van der Waals surface area contributed by atoms with Crippen molar-refractivity contribution in [2.45, 2.75) is 6.04 Å². The molecule has 0 aliphatic carbocycles. The Morgan fingerprint density at radius 3 is 2.67 bits per heavy atom. The van der Waals surface area contributed by atoms with E-state index in [0.29, 0.717) is 12.1 Å². The minimum absolute atomic E-state index is 0. The largest absolute Gasteiger partial charge is 0.314 e. The third kappa shape index (κ3) is 2.87. The first-order chi connectivity index (χ1) is 6.77.